The molecule has 1 amide bonds. The van der Waals surface area contributed by atoms with Crippen LogP contribution >= 0.6 is 0 Å². The molecule has 0 atom stereocenters. The van der Waals surface area contributed by atoms with Gasteiger partial charge in [0, 0.05) is 24.5 Å². The number of fused-ring (bicyclic) bond motifs is 1. The number of para-hydroxylation sites is 1. The summed E-state index contributed by atoms with van der Waals surface area (Å²) in [7, 11) is 0. The van der Waals surface area contributed by atoms with Crippen molar-refractivity contribution in [3.05, 3.63) is 47.9 Å². The molecule has 0 fully saturated rings. The van der Waals surface area contributed by atoms with Crippen molar-refractivity contribution in [2.45, 2.75) is 32.6 Å². The van der Waals surface area contributed by atoms with E-state index in [4.69, 9.17) is 5.11 Å². The van der Waals surface area contributed by atoms with Crippen LogP contribution in [0.15, 0.2) is 36.5 Å². The van der Waals surface area contributed by atoms with Gasteiger partial charge in [-0.3, -0.25) is 14.6 Å². The number of aliphatic carboxylic acids is 1. The van der Waals surface area contributed by atoms with Gasteiger partial charge in [-0.15, -0.1) is 5.10 Å². The van der Waals surface area contributed by atoms with Crippen molar-refractivity contribution in [2.24, 2.45) is 0 Å². The number of nitrogens with one attached hydrogen (secondary N) is 1. The lowest BCUT2D eigenvalue weighted by atomic mass is 10.2. The van der Waals surface area contributed by atoms with Gasteiger partial charge in [0.1, 0.15) is 0 Å². The highest BCUT2D eigenvalue weighted by atomic mass is 16.4. The number of carbonyl (C=O) groups is 2. The van der Waals surface area contributed by atoms with Crippen molar-refractivity contribution in [2.75, 3.05) is 6.54 Å². The molecule has 27 heavy (non-hydrogen) atoms. The van der Waals surface area contributed by atoms with Gasteiger partial charge in [0.15, 0.2) is 5.69 Å². The first kappa shape index (κ1) is 18.5. The summed E-state index contributed by atoms with van der Waals surface area (Å²) in [4.78, 5) is 27.3. The third-order valence-corrected chi connectivity index (χ3v) is 4.30. The van der Waals surface area contributed by atoms with Crippen molar-refractivity contribution in [3.63, 3.8) is 0 Å². The molecular formula is C19H21N5O3. The predicted octanol–water partition coefficient (Wildman–Crippen LogP) is 2.50. The molecule has 0 bridgehead atoms. The van der Waals surface area contributed by atoms with Gasteiger partial charge in [-0.1, -0.05) is 29.8 Å². The van der Waals surface area contributed by atoms with Gasteiger partial charge in [-0.25, -0.2) is 4.68 Å². The van der Waals surface area contributed by atoms with Crippen LogP contribution < -0.4 is 5.32 Å². The second-order valence-corrected chi connectivity index (χ2v) is 6.25. The van der Waals surface area contributed by atoms with Gasteiger partial charge < -0.3 is 10.4 Å². The van der Waals surface area contributed by atoms with Crippen molar-refractivity contribution >= 4 is 22.8 Å². The van der Waals surface area contributed by atoms with E-state index >= 15 is 0 Å². The van der Waals surface area contributed by atoms with Gasteiger partial charge >= 0.3 is 5.97 Å². The number of unbranched alkanes of at least 4 members (excludes halogenated alkanes) is 2. The molecule has 0 aliphatic carbocycles. The molecule has 2 aromatic heterocycles. The summed E-state index contributed by atoms with van der Waals surface area (Å²) in [6, 6.07) is 9.61. The molecule has 0 radical (unpaired) electrons. The monoisotopic (exact) mass is 367 g/mol. The van der Waals surface area contributed by atoms with E-state index in [9.17, 15) is 9.59 Å². The molecule has 2 N–H and O–H groups in total. The summed E-state index contributed by atoms with van der Waals surface area (Å²) in [5.74, 6) is -1.08. The minimum atomic E-state index is -0.797. The zero-order valence-electron chi connectivity index (χ0n) is 15.1. The Hall–Kier alpha value is -3.29. The fourth-order valence-corrected chi connectivity index (χ4v) is 2.89. The van der Waals surface area contributed by atoms with Crippen LogP contribution in [0.5, 0.6) is 0 Å². The van der Waals surface area contributed by atoms with Gasteiger partial charge in [0.25, 0.3) is 5.91 Å². The molecule has 0 aliphatic rings. The highest BCUT2D eigenvalue weighted by molar-refractivity contribution is 5.93. The number of amides is 1. The average Bonchev–Trinajstić information content (AvgIpc) is 3.05. The van der Waals surface area contributed by atoms with Crippen LogP contribution in [0.3, 0.4) is 0 Å². The summed E-state index contributed by atoms with van der Waals surface area (Å²) in [6.07, 6.45) is 3.95. The Morgan fingerprint density at radius 2 is 1.96 bits per heavy atom. The van der Waals surface area contributed by atoms with E-state index < -0.39 is 5.97 Å². The summed E-state index contributed by atoms with van der Waals surface area (Å²) in [5, 5.41) is 20.6. The molecule has 0 saturated carbocycles. The maximum atomic E-state index is 12.4. The Bertz CT molecular complexity index is 962. The van der Waals surface area contributed by atoms with Gasteiger partial charge in [0.2, 0.25) is 0 Å². The van der Waals surface area contributed by atoms with Crippen molar-refractivity contribution in [1.29, 1.82) is 0 Å². The molecule has 8 nitrogen and oxygen atoms in total. The third kappa shape index (κ3) is 4.28. The van der Waals surface area contributed by atoms with Crippen LogP contribution in [-0.2, 0) is 4.79 Å². The first-order valence-corrected chi connectivity index (χ1v) is 8.84. The lowest BCUT2D eigenvalue weighted by Crippen LogP contribution is -2.25. The Kier molecular flexibility index (Phi) is 5.75. The molecule has 0 saturated heterocycles. The first-order chi connectivity index (χ1) is 13.1. The van der Waals surface area contributed by atoms with E-state index in [1.54, 1.807) is 17.8 Å². The second kappa shape index (κ2) is 8.39. The molecule has 0 spiro atoms. The zero-order valence-corrected chi connectivity index (χ0v) is 15.1. The SMILES string of the molecule is Cc1c(C(=O)NCCCCCC(=O)O)nnn1-c1cccc2cccnc12. The summed E-state index contributed by atoms with van der Waals surface area (Å²) in [6.45, 7) is 2.27. The molecule has 8 heteroatoms. The number of aromatic nitrogens is 4. The number of benzene rings is 1. The smallest absolute Gasteiger partial charge is 0.303 e. The fraction of sp³-hybridized carbons (Fsp3) is 0.316. The molecule has 3 rings (SSSR count). The Balaban J connectivity index is 1.68. The highest BCUT2D eigenvalue weighted by Crippen LogP contribution is 2.21. The predicted molar refractivity (Wildman–Crippen MR) is 99.8 cm³/mol. The molecule has 140 valence electrons. The van der Waals surface area contributed by atoms with Crippen molar-refractivity contribution in [1.82, 2.24) is 25.3 Å². The molecule has 1 aromatic carbocycles. The fourth-order valence-electron chi connectivity index (χ4n) is 2.89. The van der Waals surface area contributed by atoms with E-state index in [1.807, 2.05) is 30.3 Å². The number of hydrogen-bond donors (Lipinski definition) is 2. The quantitative estimate of drug-likeness (QED) is 0.592. The number of carboxylic acid groups (broad SMARTS) is 1. The molecule has 0 unspecified atom stereocenters. The number of carbonyl (C=O) groups excluding carboxylic acids is 1. The van der Waals surface area contributed by atoms with E-state index in [0.29, 0.717) is 18.7 Å². The average molecular weight is 367 g/mol. The van der Waals surface area contributed by atoms with Crippen LogP contribution in [0, 0.1) is 6.92 Å². The highest BCUT2D eigenvalue weighted by Gasteiger charge is 2.18. The maximum Gasteiger partial charge on any atom is 0.303 e. The molecule has 3 aromatic rings. The maximum absolute atomic E-state index is 12.4. The van der Waals surface area contributed by atoms with Gasteiger partial charge in [-0.05, 0) is 31.9 Å². The van der Waals surface area contributed by atoms with Crippen LogP contribution in [0.25, 0.3) is 16.6 Å². The number of hydrogen-bond acceptors (Lipinski definition) is 5. The van der Waals surface area contributed by atoms with E-state index in [2.05, 4.69) is 20.6 Å². The van der Waals surface area contributed by atoms with Crippen LogP contribution in [0.2, 0.25) is 0 Å². The Morgan fingerprint density at radius 3 is 2.78 bits per heavy atom. The van der Waals surface area contributed by atoms with E-state index in [-0.39, 0.29) is 18.0 Å². The summed E-state index contributed by atoms with van der Waals surface area (Å²) < 4.78 is 1.62. The Morgan fingerprint density at radius 1 is 1.15 bits per heavy atom. The van der Waals surface area contributed by atoms with Gasteiger partial charge in [0.05, 0.1) is 16.9 Å². The molecule has 2 heterocycles. The second-order valence-electron chi connectivity index (χ2n) is 6.25. The summed E-state index contributed by atoms with van der Waals surface area (Å²) in [5.41, 5.74) is 2.47. The number of rotatable bonds is 8. The standard InChI is InChI=1S/C19H21N5O3/c1-13-17(19(27)21-11-4-2-3-10-16(25)26)22-23-24(13)15-9-5-7-14-8-6-12-20-18(14)15/h5-9,12H,2-4,10-11H2,1H3,(H,21,27)(H,25,26). The number of pyridine rings is 1. The molecule has 0 aliphatic heterocycles. The Labute approximate surface area is 156 Å². The van der Waals surface area contributed by atoms with Crippen molar-refractivity contribution < 1.29 is 14.7 Å². The first-order valence-electron chi connectivity index (χ1n) is 8.84. The van der Waals surface area contributed by atoms with E-state index in [1.165, 1.54) is 0 Å². The topological polar surface area (TPSA) is 110 Å². The minimum Gasteiger partial charge on any atom is -0.481 e. The van der Waals surface area contributed by atoms with Crippen LogP contribution in [0.4, 0.5) is 0 Å². The lowest BCUT2D eigenvalue weighted by molar-refractivity contribution is -0.137. The summed E-state index contributed by atoms with van der Waals surface area (Å²) >= 11 is 0. The van der Waals surface area contributed by atoms with Crippen LogP contribution in [0.1, 0.15) is 41.9 Å². The largest absolute Gasteiger partial charge is 0.481 e. The third-order valence-electron chi connectivity index (χ3n) is 4.30. The number of carboxylic acids is 1. The lowest BCUT2D eigenvalue weighted by Gasteiger charge is -2.07. The van der Waals surface area contributed by atoms with Gasteiger partial charge in [-0.2, -0.15) is 0 Å². The minimum absolute atomic E-state index is 0.153. The normalized spacial score (nSPS) is 10.9. The molecular weight excluding hydrogens is 346 g/mol. The zero-order chi connectivity index (χ0) is 19.2. The van der Waals surface area contributed by atoms with E-state index in [0.717, 1.165) is 29.4 Å². The van der Waals surface area contributed by atoms with Crippen molar-refractivity contribution in [3.8, 4) is 5.69 Å². The number of nitrogens with zero attached hydrogens (tertiary/aromatic N) is 4. The van der Waals surface area contributed by atoms with Crippen LogP contribution in [-0.4, -0.2) is 43.5 Å².